The number of fused-ring (bicyclic) bond motifs is 2. The summed E-state index contributed by atoms with van der Waals surface area (Å²) in [6.45, 7) is 11.7. The molecule has 1 saturated heterocycles. The molecule has 288 valence electrons. The molecule has 4 atom stereocenters. The van der Waals surface area contributed by atoms with Crippen LogP contribution in [0.5, 0.6) is 5.75 Å². The molecule has 5 rings (SSSR count). The lowest BCUT2D eigenvalue weighted by Gasteiger charge is -2.31. The minimum Gasteiger partial charge on any atom is -0.497 e. The van der Waals surface area contributed by atoms with Gasteiger partial charge in [-0.05, 0) is 94.7 Å². The van der Waals surface area contributed by atoms with Crippen molar-refractivity contribution in [3.05, 3.63) is 113 Å². The molecule has 1 fully saturated rings. The number of rotatable bonds is 15. The molecule has 2 heterocycles. The first-order valence-electron chi connectivity index (χ1n) is 18.7. The lowest BCUT2D eigenvalue weighted by Crippen LogP contribution is -2.45. The smallest absolute Gasteiger partial charge is 0.264 e. The number of nitrogens with zero attached hydrogens (tertiary/aromatic N) is 2. The van der Waals surface area contributed by atoms with E-state index in [9.17, 15) is 19.5 Å². The standard InChI is InChI=1S/C43H54FN3O6Si/c1-29(2)12-11-13-30(3)22-23-47-37-21-18-34(45-41(50)33-16-19-35(52-5)20-17-33)26-36(37)43(42(47)51)31(4)40(54(6,7)44)38(53-43)27-39(49)46(24-25-48)28-32-14-9-8-10-15-32/h8-10,12,14-22,26,31,38,40,48H,11,13,23-25,27-28H2,1-7H3,(H,45,50)/b30-22+/t31-,38+,40-,43+/m0/s1. The van der Waals surface area contributed by atoms with Crippen LogP contribution in [-0.4, -0.2) is 69.0 Å². The van der Waals surface area contributed by atoms with E-state index in [1.165, 1.54) is 5.57 Å². The van der Waals surface area contributed by atoms with Crippen molar-refractivity contribution in [1.29, 1.82) is 0 Å². The summed E-state index contributed by atoms with van der Waals surface area (Å²) in [6.07, 6.45) is 4.92. The predicted octanol–water partition coefficient (Wildman–Crippen LogP) is 8.17. The fourth-order valence-corrected chi connectivity index (χ4v) is 10.4. The van der Waals surface area contributed by atoms with Crippen LogP contribution in [0.15, 0.2) is 96.1 Å². The molecule has 3 amide bonds. The van der Waals surface area contributed by atoms with E-state index in [0.717, 1.165) is 24.0 Å². The Morgan fingerprint density at radius 2 is 1.76 bits per heavy atom. The summed E-state index contributed by atoms with van der Waals surface area (Å²) in [5.74, 6) is -0.951. The molecule has 0 aliphatic carbocycles. The lowest BCUT2D eigenvalue weighted by molar-refractivity contribution is -0.149. The summed E-state index contributed by atoms with van der Waals surface area (Å²) < 4.78 is 28.7. The van der Waals surface area contributed by atoms with Gasteiger partial charge in [-0.15, -0.1) is 0 Å². The van der Waals surface area contributed by atoms with Gasteiger partial charge in [0.05, 0.1) is 31.9 Å². The molecule has 11 heteroatoms. The first kappa shape index (κ1) is 40.6. The zero-order valence-electron chi connectivity index (χ0n) is 32.5. The summed E-state index contributed by atoms with van der Waals surface area (Å²) in [5.41, 5.74) is 3.03. The number of carbonyl (C=O) groups excluding carboxylic acids is 3. The van der Waals surface area contributed by atoms with Crippen molar-refractivity contribution in [3.63, 3.8) is 0 Å². The number of aliphatic hydroxyl groups is 1. The molecule has 0 aromatic heterocycles. The quantitative estimate of drug-likeness (QED) is 0.0921. The maximum Gasteiger partial charge on any atom is 0.264 e. The number of ether oxygens (including phenoxy) is 2. The molecule has 0 unspecified atom stereocenters. The first-order valence-corrected chi connectivity index (χ1v) is 21.6. The summed E-state index contributed by atoms with van der Waals surface area (Å²) in [7, 11) is -2.02. The average Bonchev–Trinajstić information content (AvgIpc) is 3.56. The number of halogens is 1. The van der Waals surface area contributed by atoms with Crippen molar-refractivity contribution in [1.82, 2.24) is 4.90 Å². The van der Waals surface area contributed by atoms with E-state index in [-0.39, 0.29) is 50.4 Å². The molecule has 54 heavy (non-hydrogen) atoms. The second-order valence-electron chi connectivity index (χ2n) is 15.2. The van der Waals surface area contributed by atoms with E-state index in [4.69, 9.17) is 9.47 Å². The van der Waals surface area contributed by atoms with Gasteiger partial charge in [0.25, 0.3) is 11.8 Å². The Morgan fingerprint density at radius 3 is 2.39 bits per heavy atom. The number of hydrogen-bond acceptors (Lipinski definition) is 6. The number of anilines is 2. The Bertz CT molecular complexity index is 1870. The highest BCUT2D eigenvalue weighted by molar-refractivity contribution is 6.72. The van der Waals surface area contributed by atoms with Crippen LogP contribution < -0.4 is 15.0 Å². The number of hydrogen-bond donors (Lipinski definition) is 2. The van der Waals surface area contributed by atoms with Gasteiger partial charge in [-0.2, -0.15) is 0 Å². The fraction of sp³-hybridized carbons (Fsp3) is 0.419. The number of aliphatic hydroxyl groups excluding tert-OH is 1. The van der Waals surface area contributed by atoms with Crippen molar-refractivity contribution in [2.75, 3.05) is 37.0 Å². The van der Waals surface area contributed by atoms with E-state index in [1.54, 1.807) is 66.4 Å². The Morgan fingerprint density at radius 1 is 1.06 bits per heavy atom. The Balaban J connectivity index is 1.52. The summed E-state index contributed by atoms with van der Waals surface area (Å²) in [6, 6.07) is 21.6. The van der Waals surface area contributed by atoms with Gasteiger partial charge in [-0.1, -0.05) is 60.6 Å². The van der Waals surface area contributed by atoms with Gasteiger partial charge in [0, 0.05) is 47.9 Å². The van der Waals surface area contributed by atoms with Crippen molar-refractivity contribution < 1.29 is 33.1 Å². The third-order valence-corrected chi connectivity index (χ3v) is 13.1. The van der Waals surface area contributed by atoms with Gasteiger partial charge in [0.15, 0.2) is 5.60 Å². The van der Waals surface area contributed by atoms with Gasteiger partial charge < -0.3 is 33.8 Å². The Hall–Kier alpha value is -4.58. The lowest BCUT2D eigenvalue weighted by atomic mass is 9.82. The van der Waals surface area contributed by atoms with Gasteiger partial charge in [0.2, 0.25) is 14.3 Å². The van der Waals surface area contributed by atoms with Gasteiger partial charge in [-0.3, -0.25) is 14.4 Å². The minimum absolute atomic E-state index is 0.106. The molecule has 1 spiro atoms. The topological polar surface area (TPSA) is 108 Å². The van der Waals surface area contributed by atoms with Gasteiger partial charge >= 0.3 is 0 Å². The zero-order chi connectivity index (χ0) is 39.2. The second-order valence-corrected chi connectivity index (χ2v) is 19.0. The van der Waals surface area contributed by atoms with E-state index in [2.05, 4.69) is 25.2 Å². The number of benzene rings is 3. The van der Waals surface area contributed by atoms with Crippen LogP contribution in [0, 0.1) is 5.92 Å². The predicted molar refractivity (Wildman–Crippen MR) is 214 cm³/mol. The fourth-order valence-electron chi connectivity index (χ4n) is 7.91. The van der Waals surface area contributed by atoms with Crippen LogP contribution in [0.1, 0.15) is 68.4 Å². The summed E-state index contributed by atoms with van der Waals surface area (Å²) >= 11 is 0. The molecule has 2 aliphatic heterocycles. The summed E-state index contributed by atoms with van der Waals surface area (Å²) in [4.78, 5) is 45.5. The van der Waals surface area contributed by atoms with E-state index >= 15 is 4.11 Å². The highest BCUT2D eigenvalue weighted by Gasteiger charge is 2.67. The number of amides is 3. The molecule has 2 aliphatic rings. The molecule has 9 nitrogen and oxygen atoms in total. The SMILES string of the molecule is COc1ccc(C(=O)Nc2ccc3c(c2)[C@@]2(O[C@H](CC(=O)N(CCO)Cc4ccccc4)[C@@H]([Si](C)(C)F)[C@@H]2C)C(=O)N3C/C=C(\C)CCC=C(C)C)cc1. The van der Waals surface area contributed by atoms with Crippen molar-refractivity contribution in [3.8, 4) is 5.75 Å². The van der Waals surface area contributed by atoms with Crippen LogP contribution in [0.25, 0.3) is 0 Å². The van der Waals surface area contributed by atoms with E-state index in [0.29, 0.717) is 28.3 Å². The number of methoxy groups -OCH3 is 1. The molecule has 3 aromatic carbocycles. The molecule has 3 aromatic rings. The zero-order valence-corrected chi connectivity index (χ0v) is 33.5. The molecular formula is C43H54FN3O6Si. The van der Waals surface area contributed by atoms with E-state index < -0.39 is 31.6 Å². The van der Waals surface area contributed by atoms with Crippen LogP contribution in [0.4, 0.5) is 15.5 Å². The maximum atomic E-state index is 16.6. The molecule has 0 radical (unpaired) electrons. The molecule has 2 N–H and O–H groups in total. The van der Waals surface area contributed by atoms with E-state index in [1.807, 2.05) is 56.3 Å². The largest absolute Gasteiger partial charge is 0.497 e. The van der Waals surface area contributed by atoms with Gasteiger partial charge in [-0.25, -0.2) is 0 Å². The third kappa shape index (κ3) is 8.85. The van der Waals surface area contributed by atoms with Crippen molar-refractivity contribution in [2.45, 2.75) is 83.8 Å². The Kier molecular flexibility index (Phi) is 13.0. The second kappa shape index (κ2) is 17.3. The molecule has 0 saturated carbocycles. The monoisotopic (exact) mass is 755 g/mol. The summed E-state index contributed by atoms with van der Waals surface area (Å²) in [5, 5.41) is 12.8. The number of nitrogens with one attached hydrogen (secondary N) is 1. The Labute approximate surface area is 320 Å². The highest BCUT2D eigenvalue weighted by atomic mass is 28.4. The molecular weight excluding hydrogens is 702 g/mol. The normalized spacial score (nSPS) is 20.9. The first-order chi connectivity index (χ1) is 25.7. The van der Waals surface area contributed by atoms with Crippen LogP contribution in [0.2, 0.25) is 18.6 Å². The molecule has 0 bridgehead atoms. The number of allylic oxidation sites excluding steroid dienone is 3. The van der Waals surface area contributed by atoms with Crippen LogP contribution >= 0.6 is 0 Å². The van der Waals surface area contributed by atoms with Crippen LogP contribution in [-0.2, 0) is 26.5 Å². The van der Waals surface area contributed by atoms with Crippen molar-refractivity contribution >= 4 is 37.5 Å². The highest BCUT2D eigenvalue weighted by Crippen LogP contribution is 2.60. The minimum atomic E-state index is -3.58. The third-order valence-electron chi connectivity index (χ3n) is 10.6. The number of carbonyl (C=O) groups is 3. The van der Waals surface area contributed by atoms with Crippen molar-refractivity contribution in [2.24, 2.45) is 5.92 Å². The maximum absolute atomic E-state index is 16.6. The van der Waals surface area contributed by atoms with Gasteiger partial charge in [0.1, 0.15) is 5.75 Å². The average molecular weight is 756 g/mol. The van der Waals surface area contributed by atoms with Crippen LogP contribution in [0.3, 0.4) is 0 Å².